The second kappa shape index (κ2) is 28.2. The number of ketones is 1. The van der Waals surface area contributed by atoms with Gasteiger partial charge in [-0.2, -0.15) is 0 Å². The number of carbonyl (C=O) groups excluding carboxylic acids is 6. The summed E-state index contributed by atoms with van der Waals surface area (Å²) in [5, 5.41) is 64.1. The average molecular weight is 848 g/mol. The zero-order chi connectivity index (χ0) is 43.9. The van der Waals surface area contributed by atoms with Crippen LogP contribution >= 0.6 is 0 Å². The highest BCUT2D eigenvalue weighted by atomic mass is 16.7. The molecule has 10 unspecified atom stereocenters. The Labute approximate surface area is 346 Å². The van der Waals surface area contributed by atoms with Crippen LogP contribution in [0.25, 0.3) is 0 Å². The van der Waals surface area contributed by atoms with Gasteiger partial charge in [0, 0.05) is 59.4 Å². The molecule has 0 saturated carbocycles. The lowest BCUT2D eigenvalue weighted by Gasteiger charge is -2.42. The summed E-state index contributed by atoms with van der Waals surface area (Å²) in [7, 11) is 0. The van der Waals surface area contributed by atoms with Gasteiger partial charge in [0.05, 0.1) is 12.7 Å². The van der Waals surface area contributed by atoms with Gasteiger partial charge in [-0.3, -0.25) is 24.0 Å². The van der Waals surface area contributed by atoms with Gasteiger partial charge in [0.15, 0.2) is 12.6 Å². The summed E-state index contributed by atoms with van der Waals surface area (Å²) in [5.41, 5.74) is 0. The Balaban J connectivity index is 1.76. The smallest absolute Gasteiger partial charge is 0.242 e. The number of hydrogen-bond acceptors (Lipinski definition) is 15. The molecule has 2 saturated heterocycles. The van der Waals surface area contributed by atoms with Crippen molar-refractivity contribution in [2.24, 2.45) is 0 Å². The maximum atomic E-state index is 13.1. The highest BCUT2D eigenvalue weighted by Crippen LogP contribution is 2.24. The molecular formula is C39H69N5O15. The fraction of sp³-hybridized carbons (Fsp3) is 0.846. The van der Waals surface area contributed by atoms with E-state index in [0.29, 0.717) is 70.9 Å². The molecule has 0 bridgehead atoms. The maximum absolute atomic E-state index is 13.1. The van der Waals surface area contributed by atoms with E-state index in [9.17, 15) is 54.3 Å². The van der Waals surface area contributed by atoms with Crippen LogP contribution in [-0.2, 0) is 47.7 Å². The van der Waals surface area contributed by atoms with Gasteiger partial charge < -0.3 is 75.9 Å². The highest BCUT2D eigenvalue weighted by Gasteiger charge is 2.46. The molecule has 0 spiro atoms. The molecule has 2 rings (SSSR count). The lowest BCUT2D eigenvalue weighted by molar-refractivity contribution is -0.270. The molecule has 0 aromatic rings. The molecule has 59 heavy (non-hydrogen) atoms. The van der Waals surface area contributed by atoms with E-state index in [-0.39, 0.29) is 49.6 Å². The number of ether oxygens (including phenoxy) is 4. The quantitative estimate of drug-likeness (QED) is 0.0393. The third-order valence-electron chi connectivity index (χ3n) is 10.0. The van der Waals surface area contributed by atoms with Gasteiger partial charge in [0.2, 0.25) is 29.5 Å². The first-order valence-corrected chi connectivity index (χ1v) is 20.8. The van der Waals surface area contributed by atoms with Gasteiger partial charge in [0.1, 0.15) is 54.4 Å². The molecule has 2 fully saturated rings. The summed E-state index contributed by atoms with van der Waals surface area (Å²) in [5.74, 6) is -1.62. The molecule has 340 valence electrons. The van der Waals surface area contributed by atoms with Crippen molar-refractivity contribution in [2.75, 3.05) is 32.9 Å². The largest absolute Gasteiger partial charge is 0.394 e. The minimum absolute atomic E-state index is 0.0773. The number of aliphatic hydroxyl groups excluding tert-OH is 5. The number of Topliss-reactive ketones (excluding diaryl/α,β-unsaturated/α-hetero) is 1. The van der Waals surface area contributed by atoms with E-state index in [1.54, 1.807) is 6.92 Å². The number of amides is 5. The molecule has 0 aliphatic carbocycles. The summed E-state index contributed by atoms with van der Waals surface area (Å²) in [6.07, 6.45) is -3.10. The summed E-state index contributed by atoms with van der Waals surface area (Å²) in [6.45, 7) is 6.10. The van der Waals surface area contributed by atoms with E-state index in [1.807, 2.05) is 0 Å². The fourth-order valence-electron chi connectivity index (χ4n) is 6.68. The molecule has 5 amide bonds. The van der Waals surface area contributed by atoms with Crippen molar-refractivity contribution in [1.82, 2.24) is 26.6 Å². The molecule has 0 radical (unpaired) electrons. The standard InChI is InChI=1S/C39H69N5O15/c1-23(46)14-6-5-10-19-41-37(55)27(44-30(50)17-9-13-21-57-39-32(43-26(4)48)36(54)34(52)28(22-45)59-39)15-7-11-18-40-29(49)16-8-12-20-56-38-31(42-25(3)47)35(53)33(51)24(2)58-38/h24,27-28,31-36,38-39,45,51-54H,5-22H2,1-4H3,(H,40,49)(H,41,55)(H,42,47)(H,43,48)(H,44,50)/t24?,27-,28?,31?,32?,33?,34?,35?,36?,38?,39?/m0/s1. The van der Waals surface area contributed by atoms with E-state index in [0.717, 1.165) is 12.8 Å². The van der Waals surface area contributed by atoms with E-state index < -0.39 is 85.8 Å². The van der Waals surface area contributed by atoms with Gasteiger partial charge in [0.25, 0.3) is 0 Å². The lowest BCUT2D eigenvalue weighted by Crippen LogP contribution is -2.64. The summed E-state index contributed by atoms with van der Waals surface area (Å²) in [4.78, 5) is 72.9. The molecule has 20 heteroatoms. The Morgan fingerprint density at radius 1 is 0.610 bits per heavy atom. The molecule has 10 N–H and O–H groups in total. The molecule has 2 aliphatic rings. The van der Waals surface area contributed by atoms with Gasteiger partial charge in [-0.15, -0.1) is 0 Å². The Kier molecular flexibility index (Phi) is 24.8. The molecule has 2 aliphatic heterocycles. The fourth-order valence-corrected chi connectivity index (χ4v) is 6.68. The molecular weight excluding hydrogens is 778 g/mol. The van der Waals surface area contributed by atoms with Crippen molar-refractivity contribution in [2.45, 2.75) is 178 Å². The van der Waals surface area contributed by atoms with Crippen molar-refractivity contribution >= 4 is 35.3 Å². The van der Waals surface area contributed by atoms with E-state index >= 15 is 0 Å². The normalized spacial score (nSPS) is 27.3. The number of carbonyl (C=O) groups is 6. The molecule has 0 aromatic carbocycles. The van der Waals surface area contributed by atoms with Crippen molar-refractivity contribution in [3.8, 4) is 0 Å². The first-order chi connectivity index (χ1) is 28.0. The van der Waals surface area contributed by atoms with Crippen LogP contribution in [0, 0.1) is 0 Å². The average Bonchev–Trinajstić information content (AvgIpc) is 3.17. The maximum Gasteiger partial charge on any atom is 0.242 e. The minimum Gasteiger partial charge on any atom is -0.394 e. The Morgan fingerprint density at radius 3 is 1.71 bits per heavy atom. The zero-order valence-electron chi connectivity index (χ0n) is 34.9. The second-order valence-electron chi connectivity index (χ2n) is 15.3. The zero-order valence-corrected chi connectivity index (χ0v) is 34.9. The topological polar surface area (TPSA) is 301 Å². The van der Waals surface area contributed by atoms with Crippen molar-refractivity contribution in [3.05, 3.63) is 0 Å². The van der Waals surface area contributed by atoms with Crippen LogP contribution in [0.1, 0.15) is 111 Å². The Hall–Kier alpha value is -3.34. The van der Waals surface area contributed by atoms with Gasteiger partial charge in [-0.25, -0.2) is 0 Å². The first-order valence-electron chi connectivity index (χ1n) is 20.8. The monoisotopic (exact) mass is 847 g/mol. The van der Waals surface area contributed by atoms with Crippen LogP contribution < -0.4 is 26.6 Å². The van der Waals surface area contributed by atoms with Gasteiger partial charge >= 0.3 is 0 Å². The van der Waals surface area contributed by atoms with Crippen molar-refractivity contribution < 1.29 is 73.2 Å². The van der Waals surface area contributed by atoms with Crippen molar-refractivity contribution in [1.29, 1.82) is 0 Å². The van der Waals surface area contributed by atoms with Crippen LogP contribution in [0.4, 0.5) is 0 Å². The van der Waals surface area contributed by atoms with Crippen LogP contribution in [-0.4, -0.2) is 161 Å². The van der Waals surface area contributed by atoms with Gasteiger partial charge in [-0.05, 0) is 71.6 Å². The van der Waals surface area contributed by atoms with Crippen LogP contribution in [0.2, 0.25) is 0 Å². The van der Waals surface area contributed by atoms with Crippen LogP contribution in [0.15, 0.2) is 0 Å². The predicted molar refractivity (Wildman–Crippen MR) is 210 cm³/mol. The van der Waals surface area contributed by atoms with E-state index in [2.05, 4.69) is 26.6 Å². The number of unbranched alkanes of at least 4 members (excludes halogenated alkanes) is 5. The third-order valence-corrected chi connectivity index (χ3v) is 10.0. The van der Waals surface area contributed by atoms with Gasteiger partial charge in [-0.1, -0.05) is 6.42 Å². The molecule has 2 heterocycles. The number of nitrogens with one attached hydrogen (secondary N) is 5. The summed E-state index contributed by atoms with van der Waals surface area (Å²) in [6, 6.07) is -2.83. The minimum atomic E-state index is -1.44. The van der Waals surface area contributed by atoms with E-state index in [1.165, 1.54) is 20.8 Å². The molecule has 0 aromatic heterocycles. The Bertz CT molecular complexity index is 1310. The molecule has 11 atom stereocenters. The first kappa shape index (κ1) is 51.8. The SMILES string of the molecule is CC(=O)CCCCCNC(=O)[C@H](CCCCNC(=O)CCCCOC1OC(C)C(O)C(O)C1NC(C)=O)NC(=O)CCCCOC1OC(CO)C(O)C(O)C1NC(C)=O. The predicted octanol–water partition coefficient (Wildman–Crippen LogP) is -1.69. The van der Waals surface area contributed by atoms with Crippen LogP contribution in [0.5, 0.6) is 0 Å². The summed E-state index contributed by atoms with van der Waals surface area (Å²) < 4.78 is 22.6. The third kappa shape index (κ3) is 19.7. The lowest BCUT2D eigenvalue weighted by atomic mass is 9.97. The second-order valence-corrected chi connectivity index (χ2v) is 15.3. The molecule has 20 nitrogen and oxygen atoms in total. The Morgan fingerprint density at radius 2 is 1.14 bits per heavy atom. The summed E-state index contributed by atoms with van der Waals surface area (Å²) >= 11 is 0. The number of aliphatic hydroxyl groups is 5. The van der Waals surface area contributed by atoms with Crippen molar-refractivity contribution in [3.63, 3.8) is 0 Å². The van der Waals surface area contributed by atoms with Crippen LogP contribution in [0.3, 0.4) is 0 Å². The highest BCUT2D eigenvalue weighted by molar-refractivity contribution is 5.87. The number of hydrogen-bond donors (Lipinski definition) is 10. The van der Waals surface area contributed by atoms with E-state index in [4.69, 9.17) is 18.9 Å². The number of rotatable bonds is 28.